The average molecular weight is 304 g/mol. The molecule has 1 aliphatic heterocycles. The number of benzene rings is 1. The maximum atomic E-state index is 12.7. The zero-order valence-electron chi connectivity index (χ0n) is 13.8. The predicted octanol–water partition coefficient (Wildman–Crippen LogP) is 2.27. The predicted molar refractivity (Wildman–Crippen MR) is 86.1 cm³/mol. The lowest BCUT2D eigenvalue weighted by molar-refractivity contribution is -0.130. The number of aryl methyl sites for hydroxylation is 1. The first kappa shape index (κ1) is 16.3. The average Bonchev–Trinajstić information content (AvgIpc) is 2.40. The zero-order valence-corrected chi connectivity index (χ0v) is 13.8. The van der Waals surface area contributed by atoms with Crippen LogP contribution >= 0.6 is 0 Å². The molecule has 1 aromatic rings. The van der Waals surface area contributed by atoms with Crippen molar-refractivity contribution in [1.82, 2.24) is 5.32 Å². The molecule has 1 N–H and O–H groups in total. The Hall–Kier alpha value is -2.04. The number of hydrogen-bond acceptors (Lipinski definition) is 3. The molecule has 22 heavy (non-hydrogen) atoms. The minimum absolute atomic E-state index is 0.0139. The second-order valence-corrected chi connectivity index (χ2v) is 6.40. The monoisotopic (exact) mass is 304 g/mol. The lowest BCUT2D eigenvalue weighted by Crippen LogP contribution is -2.52. The molecule has 0 aliphatic carbocycles. The molecule has 2 rings (SSSR count). The largest absolute Gasteiger partial charge is 0.478 e. The molecule has 1 aliphatic rings. The Morgan fingerprint density at radius 2 is 2.00 bits per heavy atom. The Morgan fingerprint density at radius 3 is 2.59 bits per heavy atom. The standard InChI is InChI=1S/C17H24N2O3/c1-10(2)16-17(21)19(9-15(20)18-11(3)4)13-8-12(5)6-7-14(13)22-16/h6-8,10-11,16H,9H2,1-5H3,(H,18,20)/t16-/m0/s1. The van der Waals surface area contributed by atoms with Gasteiger partial charge in [-0.1, -0.05) is 19.9 Å². The van der Waals surface area contributed by atoms with Gasteiger partial charge in [0.05, 0.1) is 5.69 Å². The van der Waals surface area contributed by atoms with E-state index in [1.807, 2.05) is 52.8 Å². The van der Waals surface area contributed by atoms with Crippen LogP contribution in [0.1, 0.15) is 33.3 Å². The van der Waals surface area contributed by atoms with Crippen LogP contribution in [0.2, 0.25) is 0 Å². The van der Waals surface area contributed by atoms with Crippen LogP contribution in [0.3, 0.4) is 0 Å². The lowest BCUT2D eigenvalue weighted by atomic mass is 10.0. The molecule has 1 atom stereocenters. The molecule has 0 saturated carbocycles. The van der Waals surface area contributed by atoms with Crippen molar-refractivity contribution in [3.8, 4) is 5.75 Å². The van der Waals surface area contributed by atoms with Gasteiger partial charge in [0, 0.05) is 6.04 Å². The number of nitrogens with one attached hydrogen (secondary N) is 1. The van der Waals surface area contributed by atoms with Gasteiger partial charge in [0.25, 0.3) is 5.91 Å². The van der Waals surface area contributed by atoms with Gasteiger partial charge in [-0.2, -0.15) is 0 Å². The highest BCUT2D eigenvalue weighted by atomic mass is 16.5. The lowest BCUT2D eigenvalue weighted by Gasteiger charge is -2.36. The van der Waals surface area contributed by atoms with Gasteiger partial charge in [-0.05, 0) is 44.4 Å². The summed E-state index contributed by atoms with van der Waals surface area (Å²) in [5.74, 6) is 0.367. The topological polar surface area (TPSA) is 58.6 Å². The highest BCUT2D eigenvalue weighted by molar-refractivity contribution is 6.04. The van der Waals surface area contributed by atoms with Crippen molar-refractivity contribution in [3.05, 3.63) is 23.8 Å². The van der Waals surface area contributed by atoms with E-state index < -0.39 is 6.10 Å². The van der Waals surface area contributed by atoms with Crippen molar-refractivity contribution in [2.75, 3.05) is 11.4 Å². The van der Waals surface area contributed by atoms with Crippen molar-refractivity contribution in [2.45, 2.75) is 46.8 Å². The first-order chi connectivity index (χ1) is 10.3. The second kappa shape index (κ2) is 6.38. The molecule has 2 amide bonds. The van der Waals surface area contributed by atoms with E-state index >= 15 is 0 Å². The molecular weight excluding hydrogens is 280 g/mol. The molecule has 1 aromatic carbocycles. The summed E-state index contributed by atoms with van der Waals surface area (Å²) in [6.07, 6.45) is -0.554. The molecule has 0 radical (unpaired) electrons. The highest BCUT2D eigenvalue weighted by Crippen LogP contribution is 2.36. The first-order valence-electron chi connectivity index (χ1n) is 7.67. The van der Waals surface area contributed by atoms with Gasteiger partial charge in [-0.25, -0.2) is 0 Å². The number of rotatable bonds is 4. The van der Waals surface area contributed by atoms with E-state index in [0.29, 0.717) is 11.4 Å². The summed E-state index contributed by atoms with van der Waals surface area (Å²) in [7, 11) is 0. The number of carbonyl (C=O) groups excluding carboxylic acids is 2. The van der Waals surface area contributed by atoms with Crippen LogP contribution in [-0.2, 0) is 9.59 Å². The third-order valence-corrected chi connectivity index (χ3v) is 3.53. The summed E-state index contributed by atoms with van der Waals surface area (Å²) in [6, 6.07) is 5.73. The van der Waals surface area contributed by atoms with Crippen molar-refractivity contribution >= 4 is 17.5 Å². The maximum absolute atomic E-state index is 12.7. The number of amides is 2. The maximum Gasteiger partial charge on any atom is 0.268 e. The number of hydrogen-bond donors (Lipinski definition) is 1. The Balaban J connectivity index is 2.34. The molecule has 120 valence electrons. The number of nitrogens with zero attached hydrogens (tertiary/aromatic N) is 1. The number of fused-ring (bicyclic) bond motifs is 1. The molecule has 0 bridgehead atoms. The van der Waals surface area contributed by atoms with Crippen LogP contribution in [-0.4, -0.2) is 30.5 Å². The highest BCUT2D eigenvalue weighted by Gasteiger charge is 2.37. The molecule has 5 heteroatoms. The van der Waals surface area contributed by atoms with Gasteiger partial charge in [0.15, 0.2) is 6.10 Å². The fourth-order valence-electron chi connectivity index (χ4n) is 2.49. The van der Waals surface area contributed by atoms with Crippen LogP contribution < -0.4 is 15.0 Å². The minimum atomic E-state index is -0.554. The normalized spacial score (nSPS) is 17.5. The first-order valence-corrected chi connectivity index (χ1v) is 7.67. The third-order valence-electron chi connectivity index (χ3n) is 3.53. The molecular formula is C17H24N2O3. The molecule has 0 spiro atoms. The van der Waals surface area contributed by atoms with E-state index in [4.69, 9.17) is 4.74 Å². The van der Waals surface area contributed by atoms with Gasteiger partial charge < -0.3 is 10.1 Å². The van der Waals surface area contributed by atoms with E-state index in [0.717, 1.165) is 5.56 Å². The number of anilines is 1. The minimum Gasteiger partial charge on any atom is -0.478 e. The Morgan fingerprint density at radius 1 is 1.32 bits per heavy atom. The van der Waals surface area contributed by atoms with Crippen LogP contribution in [0.5, 0.6) is 5.75 Å². The SMILES string of the molecule is Cc1ccc2c(c1)N(CC(=O)NC(C)C)C(=O)[C@H](C(C)C)O2. The van der Waals surface area contributed by atoms with E-state index in [2.05, 4.69) is 5.32 Å². The van der Waals surface area contributed by atoms with E-state index in [9.17, 15) is 9.59 Å². The smallest absolute Gasteiger partial charge is 0.268 e. The Kier molecular flexibility index (Phi) is 4.74. The zero-order chi connectivity index (χ0) is 16.4. The van der Waals surface area contributed by atoms with Gasteiger partial charge in [-0.3, -0.25) is 14.5 Å². The van der Waals surface area contributed by atoms with Gasteiger partial charge >= 0.3 is 0 Å². The number of carbonyl (C=O) groups is 2. The van der Waals surface area contributed by atoms with Gasteiger partial charge in [0.1, 0.15) is 12.3 Å². The van der Waals surface area contributed by atoms with Crippen molar-refractivity contribution in [3.63, 3.8) is 0 Å². The Bertz CT molecular complexity index is 581. The molecule has 0 aromatic heterocycles. The van der Waals surface area contributed by atoms with Crippen molar-refractivity contribution in [1.29, 1.82) is 0 Å². The summed E-state index contributed by atoms with van der Waals surface area (Å²) in [5.41, 5.74) is 1.69. The van der Waals surface area contributed by atoms with Crippen molar-refractivity contribution < 1.29 is 14.3 Å². The summed E-state index contributed by atoms with van der Waals surface area (Å²) in [6.45, 7) is 9.63. The molecule has 0 fully saturated rings. The third kappa shape index (κ3) is 3.40. The van der Waals surface area contributed by atoms with Crippen LogP contribution in [0.15, 0.2) is 18.2 Å². The number of ether oxygens (including phenoxy) is 1. The van der Waals surface area contributed by atoms with Crippen LogP contribution in [0.4, 0.5) is 5.69 Å². The molecule has 1 heterocycles. The second-order valence-electron chi connectivity index (χ2n) is 6.40. The molecule has 0 unspecified atom stereocenters. The summed E-state index contributed by atoms with van der Waals surface area (Å²) >= 11 is 0. The molecule has 0 saturated heterocycles. The van der Waals surface area contributed by atoms with E-state index in [1.54, 1.807) is 0 Å². The van der Waals surface area contributed by atoms with Crippen molar-refractivity contribution in [2.24, 2.45) is 5.92 Å². The Labute approximate surface area is 131 Å². The summed E-state index contributed by atoms with van der Waals surface area (Å²) in [4.78, 5) is 26.3. The van der Waals surface area contributed by atoms with Crippen LogP contribution in [0.25, 0.3) is 0 Å². The van der Waals surface area contributed by atoms with E-state index in [1.165, 1.54) is 4.90 Å². The quantitative estimate of drug-likeness (QED) is 0.928. The molecule has 5 nitrogen and oxygen atoms in total. The summed E-state index contributed by atoms with van der Waals surface area (Å²) < 4.78 is 5.83. The van der Waals surface area contributed by atoms with Crippen LogP contribution in [0, 0.1) is 12.8 Å². The fraction of sp³-hybridized carbons (Fsp3) is 0.529. The van der Waals surface area contributed by atoms with Gasteiger partial charge in [0.2, 0.25) is 5.91 Å². The fourth-order valence-corrected chi connectivity index (χ4v) is 2.49. The van der Waals surface area contributed by atoms with Gasteiger partial charge in [-0.15, -0.1) is 0 Å². The van der Waals surface area contributed by atoms with E-state index in [-0.39, 0.29) is 30.3 Å². The summed E-state index contributed by atoms with van der Waals surface area (Å²) in [5, 5.41) is 2.83.